The van der Waals surface area contributed by atoms with Gasteiger partial charge in [-0.15, -0.1) is 0 Å². The molecule has 0 radical (unpaired) electrons. The molecule has 5 nitrogen and oxygen atoms in total. The molecule has 0 bridgehead atoms. The Morgan fingerprint density at radius 3 is 2.77 bits per heavy atom. The number of rotatable bonds is 3. The maximum absolute atomic E-state index is 9.00. The van der Waals surface area contributed by atoms with Gasteiger partial charge in [-0.3, -0.25) is 0 Å². The lowest BCUT2D eigenvalue weighted by molar-refractivity contribution is 0.495. The van der Waals surface area contributed by atoms with Crippen LogP contribution in [0, 0.1) is 11.3 Å². The molecule has 1 fully saturated rings. The standard InChI is InChI=1S/C20H20ClN5/c21-17-4-1-5-18-19(17)24-20(25-10-2-3-16(23)13-25)26(18)12-15-8-6-14(11-22)7-9-15/h1,4-9,16H,2-3,10,12-13,23H2/t16-/m0/s1. The molecule has 0 unspecified atom stereocenters. The Morgan fingerprint density at radius 2 is 2.04 bits per heavy atom. The van der Waals surface area contributed by atoms with Gasteiger partial charge in [-0.2, -0.15) is 5.26 Å². The van der Waals surface area contributed by atoms with Crippen LogP contribution in [0.4, 0.5) is 5.95 Å². The van der Waals surface area contributed by atoms with Crippen molar-refractivity contribution < 1.29 is 0 Å². The number of fused-ring (bicyclic) bond motifs is 1. The number of halogens is 1. The number of imidazole rings is 1. The highest BCUT2D eigenvalue weighted by molar-refractivity contribution is 6.35. The van der Waals surface area contributed by atoms with Crippen molar-refractivity contribution in [2.75, 3.05) is 18.0 Å². The third-order valence-corrected chi connectivity index (χ3v) is 5.18. The zero-order chi connectivity index (χ0) is 18.1. The average Bonchev–Trinajstić information content (AvgIpc) is 3.02. The molecule has 0 saturated carbocycles. The molecule has 4 rings (SSSR count). The maximum Gasteiger partial charge on any atom is 0.206 e. The first-order valence-electron chi connectivity index (χ1n) is 8.80. The number of hydrogen-bond acceptors (Lipinski definition) is 4. The van der Waals surface area contributed by atoms with Crippen LogP contribution in [0.1, 0.15) is 24.0 Å². The van der Waals surface area contributed by atoms with Crippen LogP contribution in [0.2, 0.25) is 5.02 Å². The largest absolute Gasteiger partial charge is 0.341 e. The summed E-state index contributed by atoms with van der Waals surface area (Å²) >= 11 is 6.40. The number of nitriles is 1. The van der Waals surface area contributed by atoms with Gasteiger partial charge in [0.15, 0.2) is 0 Å². The highest BCUT2D eigenvalue weighted by atomic mass is 35.5. The van der Waals surface area contributed by atoms with E-state index < -0.39 is 0 Å². The number of nitrogens with zero attached hydrogens (tertiary/aromatic N) is 4. The summed E-state index contributed by atoms with van der Waals surface area (Å²) in [7, 11) is 0. The molecule has 2 aromatic carbocycles. The third-order valence-electron chi connectivity index (χ3n) is 4.87. The van der Waals surface area contributed by atoms with Gasteiger partial charge in [0.25, 0.3) is 0 Å². The first-order valence-corrected chi connectivity index (χ1v) is 9.18. The highest BCUT2D eigenvalue weighted by Gasteiger charge is 2.23. The number of nitrogens with two attached hydrogens (primary N) is 1. The molecule has 1 aliphatic rings. The van der Waals surface area contributed by atoms with Gasteiger partial charge in [-0.25, -0.2) is 4.98 Å². The molecule has 1 saturated heterocycles. The van der Waals surface area contributed by atoms with Crippen LogP contribution in [0.5, 0.6) is 0 Å². The minimum atomic E-state index is 0.169. The molecular formula is C20H20ClN5. The van der Waals surface area contributed by atoms with Crippen molar-refractivity contribution in [3.8, 4) is 6.07 Å². The summed E-state index contributed by atoms with van der Waals surface area (Å²) in [5.74, 6) is 0.910. The Morgan fingerprint density at radius 1 is 1.23 bits per heavy atom. The van der Waals surface area contributed by atoms with Crippen molar-refractivity contribution in [1.29, 1.82) is 5.26 Å². The summed E-state index contributed by atoms with van der Waals surface area (Å²) in [6.45, 7) is 2.42. The first kappa shape index (κ1) is 16.9. The van der Waals surface area contributed by atoms with Crippen LogP contribution in [0.25, 0.3) is 11.0 Å². The second-order valence-corrected chi connectivity index (χ2v) is 7.17. The molecule has 132 valence electrons. The Labute approximate surface area is 157 Å². The van der Waals surface area contributed by atoms with Gasteiger partial charge in [0.05, 0.1) is 28.7 Å². The summed E-state index contributed by atoms with van der Waals surface area (Å²) in [5.41, 5.74) is 9.79. The molecule has 3 aromatic rings. The van der Waals surface area contributed by atoms with Gasteiger partial charge < -0.3 is 15.2 Å². The second kappa shape index (κ2) is 6.99. The normalized spacial score (nSPS) is 17.4. The van der Waals surface area contributed by atoms with Gasteiger partial charge in [0.1, 0.15) is 5.52 Å². The SMILES string of the molecule is N#Cc1ccc(Cn2c(N3CCC[C@H](N)C3)nc3c(Cl)cccc32)cc1. The van der Waals surface area contributed by atoms with E-state index in [0.29, 0.717) is 17.1 Å². The summed E-state index contributed by atoms with van der Waals surface area (Å²) < 4.78 is 2.20. The van der Waals surface area contributed by atoms with E-state index in [1.165, 1.54) is 0 Å². The molecule has 2 heterocycles. The summed E-state index contributed by atoms with van der Waals surface area (Å²) in [6.07, 6.45) is 2.11. The van der Waals surface area contributed by atoms with E-state index in [1.807, 2.05) is 42.5 Å². The van der Waals surface area contributed by atoms with E-state index >= 15 is 0 Å². The number of benzene rings is 2. The van der Waals surface area contributed by atoms with Crippen LogP contribution >= 0.6 is 11.6 Å². The molecule has 6 heteroatoms. The van der Waals surface area contributed by atoms with Crippen molar-refractivity contribution in [2.24, 2.45) is 5.73 Å². The van der Waals surface area contributed by atoms with Crippen molar-refractivity contribution in [2.45, 2.75) is 25.4 Å². The zero-order valence-corrected chi connectivity index (χ0v) is 15.2. The van der Waals surface area contributed by atoms with E-state index in [9.17, 15) is 0 Å². The predicted octanol–water partition coefficient (Wildman–Crippen LogP) is 3.54. The van der Waals surface area contributed by atoms with E-state index in [1.54, 1.807) is 0 Å². The van der Waals surface area contributed by atoms with Crippen LogP contribution in [0.3, 0.4) is 0 Å². The predicted molar refractivity (Wildman–Crippen MR) is 104 cm³/mol. The van der Waals surface area contributed by atoms with Gasteiger partial charge in [0.2, 0.25) is 5.95 Å². The molecular weight excluding hydrogens is 346 g/mol. The smallest absolute Gasteiger partial charge is 0.206 e. The lowest BCUT2D eigenvalue weighted by atomic mass is 10.1. The molecule has 1 aliphatic heterocycles. The molecule has 0 spiro atoms. The van der Waals surface area contributed by atoms with Crippen molar-refractivity contribution >= 4 is 28.6 Å². The number of hydrogen-bond donors (Lipinski definition) is 1. The van der Waals surface area contributed by atoms with Gasteiger partial charge in [-0.1, -0.05) is 29.8 Å². The van der Waals surface area contributed by atoms with Crippen LogP contribution in [0.15, 0.2) is 42.5 Å². The van der Waals surface area contributed by atoms with E-state index in [2.05, 4.69) is 15.5 Å². The fraction of sp³-hybridized carbons (Fsp3) is 0.300. The first-order chi connectivity index (χ1) is 12.7. The Bertz CT molecular complexity index is 970. The fourth-order valence-electron chi connectivity index (χ4n) is 3.56. The molecule has 1 atom stereocenters. The zero-order valence-electron chi connectivity index (χ0n) is 14.4. The van der Waals surface area contributed by atoms with Gasteiger partial charge in [0, 0.05) is 19.1 Å². The topological polar surface area (TPSA) is 70.9 Å². The Kier molecular flexibility index (Phi) is 4.54. The van der Waals surface area contributed by atoms with Crippen molar-refractivity contribution in [3.63, 3.8) is 0 Å². The Hall–Kier alpha value is -2.55. The molecule has 26 heavy (non-hydrogen) atoms. The lowest BCUT2D eigenvalue weighted by Crippen LogP contribution is -2.44. The fourth-order valence-corrected chi connectivity index (χ4v) is 3.77. The van der Waals surface area contributed by atoms with Crippen LogP contribution < -0.4 is 10.6 Å². The van der Waals surface area contributed by atoms with E-state index in [0.717, 1.165) is 48.5 Å². The minimum Gasteiger partial charge on any atom is -0.341 e. The number of aromatic nitrogens is 2. The van der Waals surface area contributed by atoms with E-state index in [-0.39, 0.29) is 6.04 Å². The quantitative estimate of drug-likeness (QED) is 0.770. The molecule has 0 amide bonds. The number of anilines is 1. The van der Waals surface area contributed by atoms with Crippen molar-refractivity contribution in [3.05, 3.63) is 58.6 Å². The molecule has 2 N–H and O–H groups in total. The number of para-hydroxylation sites is 1. The lowest BCUT2D eigenvalue weighted by Gasteiger charge is -2.32. The van der Waals surface area contributed by atoms with Gasteiger partial charge >= 0.3 is 0 Å². The maximum atomic E-state index is 9.00. The van der Waals surface area contributed by atoms with Crippen LogP contribution in [-0.2, 0) is 6.54 Å². The Balaban J connectivity index is 1.78. The third kappa shape index (κ3) is 3.14. The summed E-state index contributed by atoms with van der Waals surface area (Å²) in [5, 5.41) is 9.65. The van der Waals surface area contributed by atoms with E-state index in [4.69, 9.17) is 27.6 Å². The average molecular weight is 366 g/mol. The molecule has 0 aliphatic carbocycles. The molecule has 1 aromatic heterocycles. The summed E-state index contributed by atoms with van der Waals surface area (Å²) in [6, 6.07) is 15.9. The van der Waals surface area contributed by atoms with Crippen molar-refractivity contribution in [1.82, 2.24) is 9.55 Å². The highest BCUT2D eigenvalue weighted by Crippen LogP contribution is 2.30. The van der Waals surface area contributed by atoms with Crippen LogP contribution in [-0.4, -0.2) is 28.7 Å². The second-order valence-electron chi connectivity index (χ2n) is 6.76. The van der Waals surface area contributed by atoms with Gasteiger partial charge in [-0.05, 0) is 42.7 Å². The minimum absolute atomic E-state index is 0.169. The summed E-state index contributed by atoms with van der Waals surface area (Å²) in [4.78, 5) is 7.11. The monoisotopic (exact) mass is 365 g/mol. The number of piperidine rings is 1.